The maximum atomic E-state index is 13.2. The van der Waals surface area contributed by atoms with E-state index < -0.39 is 0 Å². The normalized spacial score (nSPS) is 18.7. The summed E-state index contributed by atoms with van der Waals surface area (Å²) in [5.41, 5.74) is 9.81. The quantitative estimate of drug-likeness (QED) is 0.734. The van der Waals surface area contributed by atoms with Gasteiger partial charge in [0.05, 0.1) is 5.69 Å². The molecule has 1 aromatic heterocycles. The lowest BCUT2D eigenvalue weighted by Gasteiger charge is -2.18. The smallest absolute Gasteiger partial charge is 0.254 e. The molecule has 2 heterocycles. The zero-order valence-electron chi connectivity index (χ0n) is 15.7. The third-order valence-electron chi connectivity index (χ3n) is 5.38. The summed E-state index contributed by atoms with van der Waals surface area (Å²) in [7, 11) is 0. The minimum atomic E-state index is 0. The number of carbonyl (C=O) groups is 1. The highest BCUT2D eigenvalue weighted by Crippen LogP contribution is 2.33. The number of benzene rings is 2. The minimum absolute atomic E-state index is 0. The fourth-order valence-corrected chi connectivity index (χ4v) is 3.90. The standard InChI is InChI=1S/C21H23N5O.ClH/c1-15-9-18(26-14-23-13-24-26)7-8-19(15)21(27)25-11-17(10-22)20(12-25)16-5-3-2-4-6-16;/h2-9,13-14,17,20H,10-12,22H2,1H3;1H/t17-,20+;/m1./s1. The fourth-order valence-electron chi connectivity index (χ4n) is 3.90. The molecule has 1 aliphatic rings. The number of likely N-dealkylation sites (tertiary alicyclic amines) is 1. The van der Waals surface area contributed by atoms with E-state index in [2.05, 4.69) is 22.2 Å². The van der Waals surface area contributed by atoms with Crippen molar-refractivity contribution in [3.63, 3.8) is 0 Å². The third-order valence-corrected chi connectivity index (χ3v) is 5.38. The van der Waals surface area contributed by atoms with Crippen LogP contribution in [0.15, 0.2) is 61.2 Å². The van der Waals surface area contributed by atoms with Gasteiger partial charge in [-0.25, -0.2) is 9.67 Å². The van der Waals surface area contributed by atoms with Crippen molar-refractivity contribution in [2.24, 2.45) is 11.7 Å². The van der Waals surface area contributed by atoms with Crippen LogP contribution in [0.3, 0.4) is 0 Å². The van der Waals surface area contributed by atoms with E-state index in [0.717, 1.165) is 16.8 Å². The number of aryl methyl sites for hydroxylation is 1. The number of halogens is 1. The maximum Gasteiger partial charge on any atom is 0.254 e. The van der Waals surface area contributed by atoms with Crippen LogP contribution in [0, 0.1) is 12.8 Å². The second kappa shape index (κ2) is 8.54. The van der Waals surface area contributed by atoms with Gasteiger partial charge in [0.25, 0.3) is 5.91 Å². The van der Waals surface area contributed by atoms with Crippen LogP contribution in [0.1, 0.15) is 27.4 Å². The van der Waals surface area contributed by atoms with Crippen LogP contribution < -0.4 is 5.73 Å². The molecular weight excluding hydrogens is 374 g/mol. The Balaban J connectivity index is 0.00000225. The Morgan fingerprint density at radius 3 is 2.61 bits per heavy atom. The zero-order chi connectivity index (χ0) is 18.8. The molecule has 0 spiro atoms. The van der Waals surface area contributed by atoms with Crippen molar-refractivity contribution in [1.29, 1.82) is 0 Å². The van der Waals surface area contributed by atoms with Crippen LogP contribution in [-0.4, -0.2) is 45.2 Å². The number of hydrogen-bond donors (Lipinski definition) is 1. The molecule has 146 valence electrons. The Hall–Kier alpha value is -2.70. The van der Waals surface area contributed by atoms with Gasteiger partial charge in [-0.2, -0.15) is 5.10 Å². The molecule has 2 atom stereocenters. The molecule has 4 rings (SSSR count). The lowest BCUT2D eigenvalue weighted by Crippen LogP contribution is -2.30. The van der Waals surface area contributed by atoms with Gasteiger partial charge in [0.15, 0.2) is 0 Å². The van der Waals surface area contributed by atoms with Crippen LogP contribution >= 0.6 is 12.4 Å². The van der Waals surface area contributed by atoms with Gasteiger partial charge in [0, 0.05) is 24.6 Å². The summed E-state index contributed by atoms with van der Waals surface area (Å²) in [5, 5.41) is 4.14. The van der Waals surface area contributed by atoms with E-state index in [1.165, 1.54) is 11.9 Å². The average Bonchev–Trinajstić information content (AvgIpc) is 3.38. The van der Waals surface area contributed by atoms with Crippen LogP contribution in [0.5, 0.6) is 0 Å². The molecule has 0 saturated carbocycles. The second-order valence-electron chi connectivity index (χ2n) is 7.06. The van der Waals surface area contributed by atoms with Gasteiger partial charge < -0.3 is 10.6 Å². The number of carbonyl (C=O) groups excluding carboxylic acids is 1. The molecule has 2 N–H and O–H groups in total. The molecule has 1 aliphatic heterocycles. The summed E-state index contributed by atoms with van der Waals surface area (Å²) in [6.07, 6.45) is 3.14. The molecule has 0 radical (unpaired) electrons. The summed E-state index contributed by atoms with van der Waals surface area (Å²) in [5.74, 6) is 0.635. The first-order valence-electron chi connectivity index (χ1n) is 9.17. The van der Waals surface area contributed by atoms with Crippen molar-refractivity contribution in [3.05, 3.63) is 77.9 Å². The highest BCUT2D eigenvalue weighted by Gasteiger charge is 2.35. The van der Waals surface area contributed by atoms with Gasteiger partial charge >= 0.3 is 0 Å². The van der Waals surface area contributed by atoms with Crippen molar-refractivity contribution in [2.45, 2.75) is 12.8 Å². The average molecular weight is 398 g/mol. The highest BCUT2D eigenvalue weighted by atomic mass is 35.5. The molecule has 0 aliphatic carbocycles. The first kappa shape index (κ1) is 20.0. The highest BCUT2D eigenvalue weighted by molar-refractivity contribution is 5.96. The number of aromatic nitrogens is 3. The predicted octanol–water partition coefficient (Wildman–Crippen LogP) is 2.81. The predicted molar refractivity (Wildman–Crippen MR) is 111 cm³/mol. The van der Waals surface area contributed by atoms with Crippen molar-refractivity contribution >= 4 is 18.3 Å². The van der Waals surface area contributed by atoms with Gasteiger partial charge in [0.2, 0.25) is 0 Å². The lowest BCUT2D eigenvalue weighted by atomic mass is 9.89. The molecule has 1 fully saturated rings. The van der Waals surface area contributed by atoms with Crippen LogP contribution in [0.25, 0.3) is 5.69 Å². The summed E-state index contributed by atoms with van der Waals surface area (Å²) >= 11 is 0. The first-order valence-corrected chi connectivity index (χ1v) is 9.17. The van der Waals surface area contributed by atoms with Crippen LogP contribution in [0.4, 0.5) is 0 Å². The third kappa shape index (κ3) is 3.79. The van der Waals surface area contributed by atoms with Gasteiger partial charge in [-0.1, -0.05) is 30.3 Å². The molecule has 2 aromatic carbocycles. The van der Waals surface area contributed by atoms with Crippen molar-refractivity contribution in [1.82, 2.24) is 19.7 Å². The number of hydrogen-bond acceptors (Lipinski definition) is 4. The SMILES string of the molecule is Cc1cc(-n2cncn2)ccc1C(=O)N1C[C@@H](CN)[C@H](c2ccccc2)C1.Cl. The number of amides is 1. The van der Waals surface area contributed by atoms with Gasteiger partial charge in [-0.05, 0) is 48.7 Å². The summed E-state index contributed by atoms with van der Waals surface area (Å²) in [4.78, 5) is 19.1. The molecule has 0 unspecified atom stereocenters. The number of nitrogens with two attached hydrogens (primary N) is 1. The Labute approximate surface area is 170 Å². The molecular formula is C21H24ClN5O. The van der Waals surface area contributed by atoms with Crippen molar-refractivity contribution in [2.75, 3.05) is 19.6 Å². The maximum absolute atomic E-state index is 13.2. The molecule has 1 saturated heterocycles. The molecule has 0 bridgehead atoms. The molecule has 3 aromatic rings. The van der Waals surface area contributed by atoms with E-state index in [0.29, 0.717) is 19.6 Å². The summed E-state index contributed by atoms with van der Waals surface area (Å²) in [6, 6.07) is 16.1. The summed E-state index contributed by atoms with van der Waals surface area (Å²) < 4.78 is 1.69. The van der Waals surface area contributed by atoms with Gasteiger partial charge in [0.1, 0.15) is 12.7 Å². The van der Waals surface area contributed by atoms with Crippen LogP contribution in [0.2, 0.25) is 0 Å². The molecule has 1 amide bonds. The van der Waals surface area contributed by atoms with Crippen molar-refractivity contribution in [3.8, 4) is 5.69 Å². The molecule has 7 heteroatoms. The van der Waals surface area contributed by atoms with E-state index in [1.54, 1.807) is 11.0 Å². The largest absolute Gasteiger partial charge is 0.338 e. The lowest BCUT2D eigenvalue weighted by molar-refractivity contribution is 0.0785. The first-order chi connectivity index (χ1) is 13.2. The topological polar surface area (TPSA) is 77.0 Å². The van der Waals surface area contributed by atoms with Crippen molar-refractivity contribution < 1.29 is 4.79 Å². The zero-order valence-corrected chi connectivity index (χ0v) is 16.5. The Kier molecular flexibility index (Phi) is 6.11. The molecule has 6 nitrogen and oxygen atoms in total. The Morgan fingerprint density at radius 2 is 1.96 bits per heavy atom. The van der Waals surface area contributed by atoms with Gasteiger partial charge in [-0.3, -0.25) is 4.79 Å². The fraction of sp³-hybridized carbons (Fsp3) is 0.286. The summed E-state index contributed by atoms with van der Waals surface area (Å²) in [6.45, 7) is 3.93. The second-order valence-corrected chi connectivity index (χ2v) is 7.06. The van der Waals surface area contributed by atoms with E-state index in [-0.39, 0.29) is 30.2 Å². The number of nitrogens with zero attached hydrogens (tertiary/aromatic N) is 4. The van der Waals surface area contributed by atoms with Gasteiger partial charge in [-0.15, -0.1) is 12.4 Å². The van der Waals surface area contributed by atoms with E-state index in [1.807, 2.05) is 48.2 Å². The number of rotatable bonds is 4. The minimum Gasteiger partial charge on any atom is -0.338 e. The van der Waals surface area contributed by atoms with Crippen LogP contribution in [-0.2, 0) is 0 Å². The monoisotopic (exact) mass is 397 g/mol. The van der Waals surface area contributed by atoms with E-state index >= 15 is 0 Å². The molecule has 28 heavy (non-hydrogen) atoms. The van der Waals surface area contributed by atoms with E-state index in [4.69, 9.17) is 5.73 Å². The Bertz CT molecular complexity index is 929. The van der Waals surface area contributed by atoms with E-state index in [9.17, 15) is 4.79 Å². The Morgan fingerprint density at radius 1 is 1.18 bits per heavy atom.